The fourth-order valence-corrected chi connectivity index (χ4v) is 1.28. The Morgan fingerprint density at radius 2 is 2.18 bits per heavy atom. The van der Waals surface area contributed by atoms with Crippen molar-refractivity contribution in [1.82, 2.24) is 0 Å². The van der Waals surface area contributed by atoms with Crippen molar-refractivity contribution >= 4 is 26.4 Å². The standard InChI is InChI=1S/C8H16INO/c1-3-7(5-10)4-6(2)8(9)11/h6-7H,3-5,10H2,1-2H3. The number of hydrogen-bond donors (Lipinski definition) is 1. The summed E-state index contributed by atoms with van der Waals surface area (Å²) in [6.07, 6.45) is 2.01. The Balaban J connectivity index is 3.71. The van der Waals surface area contributed by atoms with Crippen molar-refractivity contribution in [3.8, 4) is 0 Å². The lowest BCUT2D eigenvalue weighted by atomic mass is 9.95. The van der Waals surface area contributed by atoms with Gasteiger partial charge in [0.2, 0.25) is 0 Å². The van der Waals surface area contributed by atoms with Crippen LogP contribution in [-0.2, 0) is 4.79 Å². The summed E-state index contributed by atoms with van der Waals surface area (Å²) in [6.45, 7) is 4.78. The minimum absolute atomic E-state index is 0.170. The first kappa shape index (κ1) is 11.4. The van der Waals surface area contributed by atoms with E-state index in [4.69, 9.17) is 5.73 Å². The molecule has 3 heteroatoms. The summed E-state index contributed by atoms with van der Waals surface area (Å²) in [6, 6.07) is 0. The molecule has 2 unspecified atom stereocenters. The topological polar surface area (TPSA) is 43.1 Å². The molecule has 0 aromatic heterocycles. The number of rotatable bonds is 5. The highest BCUT2D eigenvalue weighted by atomic mass is 127. The lowest BCUT2D eigenvalue weighted by Crippen LogP contribution is -2.18. The van der Waals surface area contributed by atoms with Crippen molar-refractivity contribution in [1.29, 1.82) is 0 Å². The Bertz CT molecular complexity index is 123. The van der Waals surface area contributed by atoms with Gasteiger partial charge < -0.3 is 5.73 Å². The molecule has 0 spiro atoms. The van der Waals surface area contributed by atoms with E-state index >= 15 is 0 Å². The van der Waals surface area contributed by atoms with E-state index in [0.29, 0.717) is 12.5 Å². The van der Waals surface area contributed by atoms with Crippen molar-refractivity contribution in [3.05, 3.63) is 0 Å². The van der Waals surface area contributed by atoms with Crippen molar-refractivity contribution in [3.63, 3.8) is 0 Å². The highest BCUT2D eigenvalue weighted by Crippen LogP contribution is 2.17. The smallest absolute Gasteiger partial charge is 0.195 e. The Morgan fingerprint density at radius 3 is 2.45 bits per heavy atom. The van der Waals surface area contributed by atoms with E-state index in [9.17, 15) is 4.79 Å². The van der Waals surface area contributed by atoms with Crippen molar-refractivity contribution in [2.45, 2.75) is 26.7 Å². The average molecular weight is 269 g/mol. The van der Waals surface area contributed by atoms with Gasteiger partial charge >= 0.3 is 0 Å². The molecule has 0 aliphatic rings. The third-order valence-corrected chi connectivity index (χ3v) is 3.05. The number of hydrogen-bond acceptors (Lipinski definition) is 2. The fourth-order valence-electron chi connectivity index (χ4n) is 1.02. The predicted octanol–water partition coefficient (Wildman–Crippen LogP) is 1.96. The average Bonchev–Trinajstić information content (AvgIpc) is 1.99. The molecule has 0 aliphatic carbocycles. The van der Waals surface area contributed by atoms with Gasteiger partial charge in [0.25, 0.3) is 0 Å². The molecule has 0 aliphatic heterocycles. The predicted molar refractivity (Wildman–Crippen MR) is 55.6 cm³/mol. The molecular weight excluding hydrogens is 253 g/mol. The normalized spacial score (nSPS) is 16.0. The Morgan fingerprint density at radius 1 is 1.64 bits per heavy atom. The van der Waals surface area contributed by atoms with Gasteiger partial charge in [-0.15, -0.1) is 0 Å². The Kier molecular flexibility index (Phi) is 6.14. The second-order valence-electron chi connectivity index (χ2n) is 2.95. The summed E-state index contributed by atoms with van der Waals surface area (Å²) in [5, 5.41) is 0. The summed E-state index contributed by atoms with van der Waals surface area (Å²) in [7, 11) is 0. The SMILES string of the molecule is CCC(CN)CC(C)C(=O)I. The molecule has 0 saturated carbocycles. The molecule has 0 amide bonds. The first-order valence-electron chi connectivity index (χ1n) is 4.01. The van der Waals surface area contributed by atoms with Crippen molar-refractivity contribution in [2.75, 3.05) is 6.54 Å². The van der Waals surface area contributed by atoms with Crippen LogP contribution in [0.1, 0.15) is 26.7 Å². The van der Waals surface area contributed by atoms with Gasteiger partial charge in [-0.25, -0.2) is 0 Å². The van der Waals surface area contributed by atoms with Crippen LogP contribution in [0.2, 0.25) is 0 Å². The van der Waals surface area contributed by atoms with E-state index in [0.717, 1.165) is 12.8 Å². The van der Waals surface area contributed by atoms with E-state index in [1.165, 1.54) is 0 Å². The van der Waals surface area contributed by atoms with Crippen LogP contribution in [0.3, 0.4) is 0 Å². The van der Waals surface area contributed by atoms with E-state index in [-0.39, 0.29) is 9.71 Å². The summed E-state index contributed by atoms with van der Waals surface area (Å²) < 4.78 is 0.245. The van der Waals surface area contributed by atoms with E-state index in [1.807, 2.05) is 29.5 Å². The quantitative estimate of drug-likeness (QED) is 0.612. The molecule has 0 radical (unpaired) electrons. The highest BCUT2D eigenvalue weighted by molar-refractivity contribution is 14.1. The van der Waals surface area contributed by atoms with Crippen molar-refractivity contribution in [2.24, 2.45) is 17.6 Å². The maximum Gasteiger partial charge on any atom is 0.195 e. The van der Waals surface area contributed by atoms with E-state index < -0.39 is 0 Å². The van der Waals surface area contributed by atoms with Gasteiger partial charge in [-0.2, -0.15) is 0 Å². The van der Waals surface area contributed by atoms with Crippen LogP contribution in [0.15, 0.2) is 0 Å². The molecule has 0 aromatic carbocycles. The molecule has 0 aromatic rings. The molecule has 2 N–H and O–H groups in total. The fraction of sp³-hybridized carbons (Fsp3) is 0.875. The molecule has 0 bridgehead atoms. The third-order valence-electron chi connectivity index (χ3n) is 1.99. The summed E-state index contributed by atoms with van der Waals surface area (Å²) in [5.74, 6) is 0.688. The largest absolute Gasteiger partial charge is 0.330 e. The van der Waals surface area contributed by atoms with Gasteiger partial charge in [-0.1, -0.05) is 20.3 Å². The molecule has 2 atom stereocenters. The second-order valence-corrected chi connectivity index (χ2v) is 4.01. The summed E-state index contributed by atoms with van der Waals surface area (Å²) in [4.78, 5) is 10.9. The van der Waals surface area contributed by atoms with Crippen molar-refractivity contribution < 1.29 is 4.79 Å². The van der Waals surface area contributed by atoms with Gasteiger partial charge in [0.15, 0.2) is 3.79 Å². The molecule has 66 valence electrons. The molecular formula is C8H16INO. The van der Waals surface area contributed by atoms with Crippen LogP contribution in [0, 0.1) is 11.8 Å². The number of carbonyl (C=O) groups is 1. The Labute approximate surface area is 82.1 Å². The maximum absolute atomic E-state index is 10.9. The lowest BCUT2D eigenvalue weighted by Gasteiger charge is -2.14. The second kappa shape index (κ2) is 5.94. The lowest BCUT2D eigenvalue weighted by molar-refractivity contribution is -0.112. The minimum Gasteiger partial charge on any atom is -0.330 e. The summed E-state index contributed by atoms with van der Waals surface area (Å²) in [5.41, 5.74) is 5.52. The van der Waals surface area contributed by atoms with Crippen LogP contribution in [0.5, 0.6) is 0 Å². The number of carbonyl (C=O) groups excluding carboxylic acids is 1. The van der Waals surface area contributed by atoms with E-state index in [1.54, 1.807) is 0 Å². The number of nitrogens with two attached hydrogens (primary N) is 1. The highest BCUT2D eigenvalue weighted by Gasteiger charge is 2.14. The van der Waals surface area contributed by atoms with Crippen LogP contribution >= 0.6 is 22.6 Å². The van der Waals surface area contributed by atoms with Gasteiger partial charge in [-0.05, 0) is 41.5 Å². The van der Waals surface area contributed by atoms with Crippen LogP contribution in [-0.4, -0.2) is 10.3 Å². The number of halogens is 1. The molecule has 0 rings (SSSR count). The first-order chi connectivity index (χ1) is 5.11. The van der Waals surface area contributed by atoms with Crippen LogP contribution < -0.4 is 5.73 Å². The molecule has 0 heterocycles. The van der Waals surface area contributed by atoms with Gasteiger partial charge in [-0.3, -0.25) is 4.79 Å². The molecule has 0 saturated heterocycles. The molecule has 11 heavy (non-hydrogen) atoms. The van der Waals surface area contributed by atoms with Crippen LogP contribution in [0.25, 0.3) is 0 Å². The van der Waals surface area contributed by atoms with Gasteiger partial charge in [0.1, 0.15) is 0 Å². The minimum atomic E-state index is 0.170. The van der Waals surface area contributed by atoms with Crippen LogP contribution in [0.4, 0.5) is 0 Å². The monoisotopic (exact) mass is 269 g/mol. The summed E-state index contributed by atoms with van der Waals surface area (Å²) >= 11 is 1.85. The molecule has 0 fully saturated rings. The zero-order valence-corrected chi connectivity index (χ0v) is 9.30. The van der Waals surface area contributed by atoms with Gasteiger partial charge in [0, 0.05) is 5.92 Å². The van der Waals surface area contributed by atoms with E-state index in [2.05, 4.69) is 6.92 Å². The third kappa shape index (κ3) is 4.74. The maximum atomic E-state index is 10.9. The zero-order chi connectivity index (χ0) is 8.85. The molecule has 2 nitrogen and oxygen atoms in total. The van der Waals surface area contributed by atoms with Gasteiger partial charge in [0.05, 0.1) is 0 Å². The zero-order valence-electron chi connectivity index (χ0n) is 7.14. The first-order valence-corrected chi connectivity index (χ1v) is 5.09. The Hall–Kier alpha value is 0.360.